The first-order chi connectivity index (χ1) is 14.0. The molecule has 1 atom stereocenters. The number of imidazole rings is 1. The summed E-state index contributed by atoms with van der Waals surface area (Å²) in [7, 11) is 0. The molecular formula is C21H27FN6O. The maximum Gasteiger partial charge on any atom is 0.229 e. The topological polar surface area (TPSA) is 79.1 Å². The molecule has 7 nitrogen and oxygen atoms in total. The highest BCUT2D eigenvalue weighted by Crippen LogP contribution is 2.27. The highest BCUT2D eigenvalue weighted by Gasteiger charge is 2.23. The molecule has 154 valence electrons. The second kappa shape index (κ2) is 8.32. The predicted octanol–water partition coefficient (Wildman–Crippen LogP) is 3.37. The minimum Gasteiger partial charge on any atom is -0.396 e. The number of halogens is 1. The molecule has 2 N–H and O–H groups in total. The Balaban J connectivity index is 1.69. The van der Waals surface area contributed by atoms with Gasteiger partial charge in [-0.3, -0.25) is 0 Å². The van der Waals surface area contributed by atoms with E-state index in [0.717, 1.165) is 37.1 Å². The molecule has 4 rings (SSSR count). The van der Waals surface area contributed by atoms with Gasteiger partial charge in [-0.25, -0.2) is 9.37 Å². The van der Waals surface area contributed by atoms with Crippen LogP contribution in [0.5, 0.6) is 0 Å². The molecule has 0 bridgehead atoms. The van der Waals surface area contributed by atoms with Gasteiger partial charge in [0.25, 0.3) is 0 Å². The first-order valence-electron chi connectivity index (χ1n) is 10.1. The average molecular weight is 398 g/mol. The Kier molecular flexibility index (Phi) is 5.62. The molecular weight excluding hydrogens is 371 g/mol. The van der Waals surface area contributed by atoms with Gasteiger partial charge in [0.05, 0.1) is 6.33 Å². The van der Waals surface area contributed by atoms with Crippen molar-refractivity contribution in [2.45, 2.75) is 39.3 Å². The van der Waals surface area contributed by atoms with E-state index in [1.807, 2.05) is 10.6 Å². The summed E-state index contributed by atoms with van der Waals surface area (Å²) >= 11 is 0. The molecule has 3 aromatic rings. The Bertz CT molecular complexity index is 988. The summed E-state index contributed by atoms with van der Waals surface area (Å²) in [4.78, 5) is 16.2. The van der Waals surface area contributed by atoms with Crippen LogP contribution in [-0.2, 0) is 6.54 Å². The van der Waals surface area contributed by atoms with Crippen molar-refractivity contribution in [3.05, 3.63) is 42.0 Å². The number of aliphatic hydroxyl groups excluding tert-OH is 1. The van der Waals surface area contributed by atoms with Crippen LogP contribution in [0.4, 0.5) is 16.2 Å². The number of nitrogens with zero attached hydrogens (tertiary/aromatic N) is 5. The lowest BCUT2D eigenvalue weighted by atomic mass is 9.99. The van der Waals surface area contributed by atoms with Crippen LogP contribution >= 0.6 is 0 Å². The second-order valence-corrected chi connectivity index (χ2v) is 7.91. The molecule has 0 amide bonds. The van der Waals surface area contributed by atoms with Crippen molar-refractivity contribution in [2.24, 2.45) is 5.92 Å². The van der Waals surface area contributed by atoms with E-state index in [-0.39, 0.29) is 24.4 Å². The normalized spacial score (nSPS) is 17.3. The molecule has 0 spiro atoms. The van der Waals surface area contributed by atoms with Crippen molar-refractivity contribution < 1.29 is 9.50 Å². The molecule has 1 saturated heterocycles. The van der Waals surface area contributed by atoms with Crippen molar-refractivity contribution in [1.82, 2.24) is 19.5 Å². The minimum absolute atomic E-state index is 0.174. The number of anilines is 2. The Hall–Kier alpha value is -2.74. The van der Waals surface area contributed by atoms with Crippen LogP contribution in [0.25, 0.3) is 11.2 Å². The standard InChI is InChI=1S/C21H27FN6O/c1-14(2)28-13-24-18-19(23-10-15-5-3-7-17(22)9-15)25-21(26-20(18)28)27-8-4-6-16(11-27)12-29/h3,5,7,9,13-14,16,29H,4,6,8,10-12H2,1-2H3,(H,23,25,26). The lowest BCUT2D eigenvalue weighted by molar-refractivity contribution is 0.208. The van der Waals surface area contributed by atoms with Crippen molar-refractivity contribution in [2.75, 3.05) is 29.9 Å². The molecule has 3 heterocycles. The third-order valence-corrected chi connectivity index (χ3v) is 5.37. The van der Waals surface area contributed by atoms with E-state index >= 15 is 0 Å². The van der Waals surface area contributed by atoms with Gasteiger partial charge in [-0.05, 0) is 50.3 Å². The lowest BCUT2D eigenvalue weighted by Crippen LogP contribution is -2.38. The number of hydrogen-bond donors (Lipinski definition) is 2. The number of rotatable bonds is 6. The SMILES string of the molecule is CC(C)n1cnc2c(NCc3cccc(F)c3)nc(N3CCCC(CO)C3)nc21. The van der Waals surface area contributed by atoms with Crippen molar-refractivity contribution >= 4 is 22.9 Å². The van der Waals surface area contributed by atoms with E-state index in [1.54, 1.807) is 12.4 Å². The summed E-state index contributed by atoms with van der Waals surface area (Å²) in [5, 5.41) is 12.9. The van der Waals surface area contributed by atoms with E-state index in [4.69, 9.17) is 9.97 Å². The summed E-state index contributed by atoms with van der Waals surface area (Å²) < 4.78 is 15.5. The van der Waals surface area contributed by atoms with Gasteiger partial charge in [-0.15, -0.1) is 0 Å². The Morgan fingerprint density at radius 2 is 2.17 bits per heavy atom. The van der Waals surface area contributed by atoms with E-state index in [2.05, 4.69) is 29.0 Å². The first-order valence-corrected chi connectivity index (χ1v) is 10.1. The Labute approximate surface area is 169 Å². The molecule has 1 aromatic carbocycles. The van der Waals surface area contributed by atoms with Crippen LogP contribution in [0.2, 0.25) is 0 Å². The van der Waals surface area contributed by atoms with Crippen LogP contribution < -0.4 is 10.2 Å². The van der Waals surface area contributed by atoms with E-state index < -0.39 is 0 Å². The predicted molar refractivity (Wildman–Crippen MR) is 111 cm³/mol. The third kappa shape index (κ3) is 4.17. The number of hydrogen-bond acceptors (Lipinski definition) is 6. The summed E-state index contributed by atoms with van der Waals surface area (Å²) in [5.74, 6) is 1.26. The van der Waals surface area contributed by atoms with Crippen molar-refractivity contribution in [1.29, 1.82) is 0 Å². The van der Waals surface area contributed by atoms with E-state index in [9.17, 15) is 9.50 Å². The molecule has 0 saturated carbocycles. The Morgan fingerprint density at radius 3 is 2.93 bits per heavy atom. The molecule has 29 heavy (non-hydrogen) atoms. The zero-order valence-electron chi connectivity index (χ0n) is 16.8. The molecule has 2 aromatic heterocycles. The number of nitrogens with one attached hydrogen (secondary N) is 1. The number of aliphatic hydroxyl groups is 1. The fraction of sp³-hybridized carbons (Fsp3) is 0.476. The smallest absolute Gasteiger partial charge is 0.229 e. The van der Waals surface area contributed by atoms with Gasteiger partial charge in [0.15, 0.2) is 17.0 Å². The van der Waals surface area contributed by atoms with Crippen LogP contribution in [0, 0.1) is 11.7 Å². The molecule has 1 aliphatic heterocycles. The maximum atomic E-state index is 13.5. The van der Waals surface area contributed by atoms with Crippen LogP contribution in [0.1, 0.15) is 38.3 Å². The van der Waals surface area contributed by atoms with Crippen LogP contribution in [-0.4, -0.2) is 44.3 Å². The number of piperidine rings is 1. The van der Waals surface area contributed by atoms with Gasteiger partial charge >= 0.3 is 0 Å². The lowest BCUT2D eigenvalue weighted by Gasteiger charge is -2.32. The van der Waals surface area contributed by atoms with Gasteiger partial charge in [-0.1, -0.05) is 12.1 Å². The minimum atomic E-state index is -0.259. The van der Waals surface area contributed by atoms with Gasteiger partial charge in [0, 0.05) is 32.3 Å². The zero-order chi connectivity index (χ0) is 20.4. The summed E-state index contributed by atoms with van der Waals surface area (Å²) in [6, 6.07) is 6.73. The molecule has 0 aliphatic carbocycles. The molecule has 0 radical (unpaired) electrons. The fourth-order valence-corrected chi connectivity index (χ4v) is 3.78. The van der Waals surface area contributed by atoms with E-state index in [0.29, 0.717) is 23.8 Å². The third-order valence-electron chi connectivity index (χ3n) is 5.37. The highest BCUT2D eigenvalue weighted by atomic mass is 19.1. The summed E-state index contributed by atoms with van der Waals surface area (Å²) in [6.07, 6.45) is 3.81. The maximum absolute atomic E-state index is 13.5. The van der Waals surface area contributed by atoms with E-state index in [1.165, 1.54) is 12.1 Å². The zero-order valence-corrected chi connectivity index (χ0v) is 16.8. The van der Waals surface area contributed by atoms with Crippen molar-refractivity contribution in [3.8, 4) is 0 Å². The highest BCUT2D eigenvalue weighted by molar-refractivity contribution is 5.84. The van der Waals surface area contributed by atoms with Crippen LogP contribution in [0.3, 0.4) is 0 Å². The number of aromatic nitrogens is 4. The summed E-state index contributed by atoms with van der Waals surface area (Å²) in [5.41, 5.74) is 2.31. The largest absolute Gasteiger partial charge is 0.396 e. The number of benzene rings is 1. The van der Waals surface area contributed by atoms with Crippen molar-refractivity contribution in [3.63, 3.8) is 0 Å². The molecule has 8 heteroatoms. The average Bonchev–Trinajstić information content (AvgIpc) is 3.16. The molecule has 1 aliphatic rings. The van der Waals surface area contributed by atoms with Gasteiger partial charge in [0.1, 0.15) is 5.82 Å². The Morgan fingerprint density at radius 1 is 1.31 bits per heavy atom. The number of fused-ring (bicyclic) bond motifs is 1. The van der Waals surface area contributed by atoms with Gasteiger partial charge < -0.3 is 19.9 Å². The molecule has 1 unspecified atom stereocenters. The van der Waals surface area contributed by atoms with Gasteiger partial charge in [-0.2, -0.15) is 9.97 Å². The monoisotopic (exact) mass is 398 g/mol. The quantitative estimate of drug-likeness (QED) is 0.663. The summed E-state index contributed by atoms with van der Waals surface area (Å²) in [6.45, 7) is 6.39. The second-order valence-electron chi connectivity index (χ2n) is 7.91. The van der Waals surface area contributed by atoms with Gasteiger partial charge in [0.2, 0.25) is 5.95 Å². The fourth-order valence-electron chi connectivity index (χ4n) is 3.78. The molecule has 1 fully saturated rings. The van der Waals surface area contributed by atoms with Crippen LogP contribution in [0.15, 0.2) is 30.6 Å². The first kappa shape index (κ1) is 19.6.